The average molecular weight is 317 g/mol. The van der Waals surface area contributed by atoms with E-state index in [0.29, 0.717) is 18.0 Å². The van der Waals surface area contributed by atoms with Gasteiger partial charge in [0.1, 0.15) is 5.76 Å². The van der Waals surface area contributed by atoms with Crippen LogP contribution in [0.15, 0.2) is 40.9 Å². The Balaban J connectivity index is 1.91. The van der Waals surface area contributed by atoms with Crippen LogP contribution >= 0.6 is 0 Å². The van der Waals surface area contributed by atoms with Gasteiger partial charge in [-0.05, 0) is 12.0 Å². The number of nitrogens with one attached hydrogen (secondary N) is 2. The summed E-state index contributed by atoms with van der Waals surface area (Å²) < 4.78 is 5.22. The molecule has 2 amide bonds. The summed E-state index contributed by atoms with van der Waals surface area (Å²) in [5, 5.41) is 18.6. The van der Waals surface area contributed by atoms with E-state index in [9.17, 15) is 9.90 Å². The van der Waals surface area contributed by atoms with Crippen molar-refractivity contribution < 1.29 is 14.4 Å². The van der Waals surface area contributed by atoms with Gasteiger partial charge >= 0.3 is 6.03 Å². The Kier molecular flexibility index (Phi) is 5.39. The van der Waals surface area contributed by atoms with E-state index in [1.54, 1.807) is 6.07 Å². The van der Waals surface area contributed by atoms with Gasteiger partial charge in [0, 0.05) is 11.5 Å². The molecule has 0 bridgehead atoms. The van der Waals surface area contributed by atoms with Crippen LogP contribution < -0.4 is 10.6 Å². The summed E-state index contributed by atoms with van der Waals surface area (Å²) in [7, 11) is 0. The van der Waals surface area contributed by atoms with Gasteiger partial charge < -0.3 is 14.9 Å². The highest BCUT2D eigenvalue weighted by Crippen LogP contribution is 2.24. The molecule has 0 saturated heterocycles. The van der Waals surface area contributed by atoms with Gasteiger partial charge in [0.05, 0.1) is 12.6 Å². The quantitative estimate of drug-likeness (QED) is 0.791. The maximum atomic E-state index is 12.0. The van der Waals surface area contributed by atoms with Gasteiger partial charge in [-0.1, -0.05) is 56.3 Å². The minimum atomic E-state index is -0.422. The van der Waals surface area contributed by atoms with Crippen molar-refractivity contribution in [3.63, 3.8) is 0 Å². The third kappa shape index (κ3) is 5.10. The second-order valence-electron chi connectivity index (χ2n) is 6.49. The molecule has 0 radical (unpaired) electrons. The molecule has 0 aliphatic carbocycles. The summed E-state index contributed by atoms with van der Waals surface area (Å²) in [5.74, 6) is 1.04. The molecule has 3 N–H and O–H groups in total. The fourth-order valence-electron chi connectivity index (χ4n) is 2.09. The predicted molar refractivity (Wildman–Crippen MR) is 88.4 cm³/mol. The largest absolute Gasteiger partial charge is 0.394 e. The van der Waals surface area contributed by atoms with E-state index in [1.807, 2.05) is 51.1 Å². The maximum absolute atomic E-state index is 12.0. The number of benzene rings is 1. The first-order valence-corrected chi connectivity index (χ1v) is 7.58. The summed E-state index contributed by atoms with van der Waals surface area (Å²) in [6.07, 6.45) is 0.552. The number of nitrogens with zero attached hydrogens (tertiary/aromatic N) is 1. The number of urea groups is 1. The zero-order valence-electron chi connectivity index (χ0n) is 13.7. The van der Waals surface area contributed by atoms with Gasteiger partial charge in [-0.25, -0.2) is 4.79 Å². The molecule has 1 heterocycles. The fourth-order valence-corrected chi connectivity index (χ4v) is 2.09. The van der Waals surface area contributed by atoms with Crippen LogP contribution in [0, 0.1) is 0 Å². The number of aromatic nitrogens is 1. The molecule has 1 unspecified atom stereocenters. The predicted octanol–water partition coefficient (Wildman–Crippen LogP) is 2.70. The van der Waals surface area contributed by atoms with E-state index < -0.39 is 6.03 Å². The molecule has 124 valence electrons. The number of aliphatic hydroxyl groups excluding tert-OH is 1. The van der Waals surface area contributed by atoms with Crippen molar-refractivity contribution >= 4 is 11.8 Å². The van der Waals surface area contributed by atoms with Crippen molar-refractivity contribution in [3.8, 4) is 0 Å². The lowest BCUT2D eigenvalue weighted by molar-refractivity contribution is 0.224. The Morgan fingerprint density at radius 2 is 2.00 bits per heavy atom. The second-order valence-corrected chi connectivity index (χ2v) is 6.49. The van der Waals surface area contributed by atoms with E-state index in [4.69, 9.17) is 4.52 Å². The highest BCUT2D eigenvalue weighted by Gasteiger charge is 2.20. The zero-order chi connectivity index (χ0) is 16.9. The molecule has 1 atom stereocenters. The molecule has 0 spiro atoms. The third-order valence-electron chi connectivity index (χ3n) is 3.37. The molecule has 23 heavy (non-hydrogen) atoms. The van der Waals surface area contributed by atoms with E-state index in [1.165, 1.54) is 0 Å². The monoisotopic (exact) mass is 317 g/mol. The van der Waals surface area contributed by atoms with Crippen molar-refractivity contribution in [1.29, 1.82) is 0 Å². The van der Waals surface area contributed by atoms with E-state index in [-0.39, 0.29) is 18.1 Å². The summed E-state index contributed by atoms with van der Waals surface area (Å²) in [6, 6.07) is 10.6. The van der Waals surface area contributed by atoms with Gasteiger partial charge in [-0.2, -0.15) is 0 Å². The molecule has 2 rings (SSSR count). The maximum Gasteiger partial charge on any atom is 0.320 e. The Morgan fingerprint density at radius 3 is 2.57 bits per heavy atom. The van der Waals surface area contributed by atoms with Crippen LogP contribution in [0.1, 0.15) is 32.1 Å². The molecule has 6 heteroatoms. The number of anilines is 1. The topological polar surface area (TPSA) is 87.4 Å². The van der Waals surface area contributed by atoms with E-state index in [0.717, 1.165) is 5.56 Å². The first-order valence-electron chi connectivity index (χ1n) is 7.58. The van der Waals surface area contributed by atoms with Gasteiger partial charge in [0.25, 0.3) is 0 Å². The molecule has 1 aromatic heterocycles. The lowest BCUT2D eigenvalue weighted by Gasteiger charge is -2.16. The van der Waals surface area contributed by atoms with E-state index in [2.05, 4.69) is 15.8 Å². The van der Waals surface area contributed by atoms with Crippen molar-refractivity contribution in [2.24, 2.45) is 0 Å². The van der Waals surface area contributed by atoms with Crippen LogP contribution in [0.25, 0.3) is 0 Å². The summed E-state index contributed by atoms with van der Waals surface area (Å²) in [6.45, 7) is 5.85. The molecule has 0 saturated carbocycles. The highest BCUT2D eigenvalue weighted by atomic mass is 16.5. The summed E-state index contributed by atoms with van der Waals surface area (Å²) >= 11 is 0. The molecule has 0 aliphatic heterocycles. The normalized spacial score (nSPS) is 12.7. The number of amides is 2. The summed E-state index contributed by atoms with van der Waals surface area (Å²) in [4.78, 5) is 12.0. The van der Waals surface area contributed by atoms with Crippen LogP contribution in [0.3, 0.4) is 0 Å². The van der Waals surface area contributed by atoms with Gasteiger partial charge in [0.15, 0.2) is 5.82 Å². The average Bonchev–Trinajstić information content (AvgIpc) is 2.96. The third-order valence-corrected chi connectivity index (χ3v) is 3.37. The Bertz CT molecular complexity index is 632. The molecule has 0 aliphatic rings. The van der Waals surface area contributed by atoms with Crippen molar-refractivity contribution in [3.05, 3.63) is 47.7 Å². The summed E-state index contributed by atoms with van der Waals surface area (Å²) in [5.41, 5.74) is 0.868. The molecular formula is C17H23N3O3. The van der Waals surface area contributed by atoms with Crippen molar-refractivity contribution in [1.82, 2.24) is 10.5 Å². The lowest BCUT2D eigenvalue weighted by atomic mass is 9.93. The number of hydrogen-bond donors (Lipinski definition) is 3. The number of carbonyl (C=O) groups is 1. The molecule has 0 fully saturated rings. The number of carbonyl (C=O) groups excluding carboxylic acids is 1. The lowest BCUT2D eigenvalue weighted by Crippen LogP contribution is -2.41. The SMILES string of the molecule is CC(C)(C)c1cc(NC(=O)NC(CO)Cc2ccccc2)no1. The first-order chi connectivity index (χ1) is 10.9. The zero-order valence-corrected chi connectivity index (χ0v) is 13.7. The van der Waals surface area contributed by atoms with Gasteiger partial charge in [-0.15, -0.1) is 0 Å². The minimum absolute atomic E-state index is 0.144. The molecule has 6 nitrogen and oxygen atoms in total. The molecule has 1 aromatic carbocycles. The second kappa shape index (κ2) is 7.28. The minimum Gasteiger partial charge on any atom is -0.394 e. The highest BCUT2D eigenvalue weighted by molar-refractivity contribution is 5.88. The van der Waals surface area contributed by atoms with Crippen LogP contribution in [0.5, 0.6) is 0 Å². The van der Waals surface area contributed by atoms with Crippen LogP contribution in [-0.4, -0.2) is 28.9 Å². The standard InChI is InChI=1S/C17H23N3O3/c1-17(2,3)14-10-15(20-23-14)19-16(22)18-13(11-21)9-12-7-5-4-6-8-12/h4-8,10,13,21H,9,11H2,1-3H3,(H2,18,19,20,22). The smallest absolute Gasteiger partial charge is 0.320 e. The van der Waals surface area contributed by atoms with Gasteiger partial charge in [-0.3, -0.25) is 5.32 Å². The van der Waals surface area contributed by atoms with Crippen molar-refractivity contribution in [2.75, 3.05) is 11.9 Å². The Morgan fingerprint density at radius 1 is 1.30 bits per heavy atom. The molecule has 2 aromatic rings. The number of rotatable bonds is 5. The fraction of sp³-hybridized carbons (Fsp3) is 0.412. The van der Waals surface area contributed by atoms with Crippen LogP contribution in [0.4, 0.5) is 10.6 Å². The number of hydrogen-bond acceptors (Lipinski definition) is 4. The Hall–Kier alpha value is -2.34. The number of aliphatic hydroxyl groups is 1. The Labute approximate surface area is 135 Å². The molecular weight excluding hydrogens is 294 g/mol. The van der Waals surface area contributed by atoms with Crippen molar-refractivity contribution in [2.45, 2.75) is 38.6 Å². The van der Waals surface area contributed by atoms with E-state index >= 15 is 0 Å². The van der Waals surface area contributed by atoms with Crippen LogP contribution in [0.2, 0.25) is 0 Å². The van der Waals surface area contributed by atoms with Crippen LogP contribution in [-0.2, 0) is 11.8 Å². The first kappa shape index (κ1) is 17.0. The van der Waals surface area contributed by atoms with Gasteiger partial charge in [0.2, 0.25) is 0 Å².